The van der Waals surface area contributed by atoms with Crippen LogP contribution in [-0.2, 0) is 4.74 Å². The second-order valence-electron chi connectivity index (χ2n) is 7.98. The molecule has 4 heterocycles. The van der Waals surface area contributed by atoms with Crippen LogP contribution in [0.2, 0.25) is 0 Å². The number of nitrogens with zero attached hydrogens (tertiary/aromatic N) is 3. The summed E-state index contributed by atoms with van der Waals surface area (Å²) in [6.45, 7) is 5.51. The third-order valence-corrected chi connectivity index (χ3v) is 5.75. The third kappa shape index (κ3) is 3.25. The highest BCUT2D eigenvalue weighted by Gasteiger charge is 2.50. The van der Waals surface area contributed by atoms with Crippen LogP contribution in [-0.4, -0.2) is 52.2 Å². The zero-order valence-electron chi connectivity index (χ0n) is 16.6. The molecule has 1 aromatic carbocycles. The summed E-state index contributed by atoms with van der Waals surface area (Å²) in [6, 6.07) is 7.72. The summed E-state index contributed by atoms with van der Waals surface area (Å²) in [5.74, 6) is 0.873. The van der Waals surface area contributed by atoms with Crippen LogP contribution in [0.5, 0.6) is 5.88 Å². The first-order chi connectivity index (χ1) is 14.0. The van der Waals surface area contributed by atoms with Crippen molar-refractivity contribution < 1.29 is 18.7 Å². The summed E-state index contributed by atoms with van der Waals surface area (Å²) in [4.78, 5) is 23.3. The Hall–Kier alpha value is -2.93. The van der Waals surface area contributed by atoms with Crippen molar-refractivity contribution in [2.24, 2.45) is 0 Å². The van der Waals surface area contributed by atoms with Crippen molar-refractivity contribution in [3.8, 4) is 5.88 Å². The standard InChI is InChI=1S/C22H23N3O4/c1-14-10-23-11-19(24-14)28-16-7-8-27-22(9-16)12-25(13-22)21(26)20-15(2)17-5-3-4-6-18(17)29-20/h3-6,10-11,16H,7-9,12-13H2,1-2H3/t16-/m0/s1. The van der Waals surface area contributed by atoms with Crippen LogP contribution in [0.4, 0.5) is 0 Å². The van der Waals surface area contributed by atoms with Crippen molar-refractivity contribution in [2.75, 3.05) is 19.7 Å². The van der Waals surface area contributed by atoms with E-state index in [4.69, 9.17) is 13.9 Å². The van der Waals surface area contributed by atoms with Gasteiger partial charge >= 0.3 is 0 Å². The highest BCUT2D eigenvalue weighted by Crippen LogP contribution is 2.37. The number of carbonyl (C=O) groups is 1. The van der Waals surface area contributed by atoms with Gasteiger partial charge in [0.1, 0.15) is 17.3 Å². The number of hydrogen-bond donors (Lipinski definition) is 0. The maximum atomic E-state index is 13.0. The number of aromatic nitrogens is 2. The number of aryl methyl sites for hydroxylation is 2. The normalized spacial score (nSPS) is 20.6. The van der Waals surface area contributed by atoms with Crippen molar-refractivity contribution in [3.05, 3.63) is 53.7 Å². The lowest BCUT2D eigenvalue weighted by atomic mass is 9.84. The Morgan fingerprint density at radius 2 is 2.07 bits per heavy atom. The van der Waals surface area contributed by atoms with Gasteiger partial charge in [0.05, 0.1) is 31.6 Å². The number of rotatable bonds is 3. The van der Waals surface area contributed by atoms with Gasteiger partial charge in [0.2, 0.25) is 5.88 Å². The van der Waals surface area contributed by atoms with E-state index in [-0.39, 0.29) is 17.6 Å². The maximum absolute atomic E-state index is 13.0. The number of benzene rings is 1. The average molecular weight is 393 g/mol. The Labute approximate surface area is 168 Å². The highest BCUT2D eigenvalue weighted by molar-refractivity contribution is 5.99. The summed E-state index contributed by atoms with van der Waals surface area (Å²) in [5.41, 5.74) is 2.10. The number of carbonyl (C=O) groups excluding carboxylic acids is 1. The minimum atomic E-state index is -0.351. The third-order valence-electron chi connectivity index (χ3n) is 5.75. The molecule has 7 heteroatoms. The molecule has 0 unspecified atom stereocenters. The fraction of sp³-hybridized carbons (Fsp3) is 0.409. The fourth-order valence-electron chi connectivity index (χ4n) is 4.29. The largest absolute Gasteiger partial charge is 0.473 e. The van der Waals surface area contributed by atoms with Crippen LogP contribution >= 0.6 is 0 Å². The number of fused-ring (bicyclic) bond motifs is 1. The number of ether oxygens (including phenoxy) is 2. The van der Waals surface area contributed by atoms with E-state index < -0.39 is 0 Å². The number of para-hydroxylation sites is 1. The molecule has 1 amide bonds. The molecule has 1 spiro atoms. The van der Waals surface area contributed by atoms with Gasteiger partial charge in [-0.05, 0) is 19.9 Å². The molecule has 0 N–H and O–H groups in total. The maximum Gasteiger partial charge on any atom is 0.290 e. The Kier molecular flexibility index (Phi) is 4.28. The van der Waals surface area contributed by atoms with Gasteiger partial charge in [-0.15, -0.1) is 0 Å². The van der Waals surface area contributed by atoms with E-state index in [0.29, 0.717) is 31.3 Å². The first-order valence-corrected chi connectivity index (χ1v) is 9.90. The summed E-state index contributed by atoms with van der Waals surface area (Å²) in [5, 5.41) is 0.979. The van der Waals surface area contributed by atoms with E-state index in [0.717, 1.165) is 35.1 Å². The molecular formula is C22H23N3O4. The van der Waals surface area contributed by atoms with Crippen molar-refractivity contribution >= 4 is 16.9 Å². The molecule has 1 atom stereocenters. The molecule has 29 heavy (non-hydrogen) atoms. The molecule has 0 radical (unpaired) electrons. The summed E-state index contributed by atoms with van der Waals surface area (Å²) >= 11 is 0. The first kappa shape index (κ1) is 18.1. The first-order valence-electron chi connectivity index (χ1n) is 9.90. The molecule has 0 bridgehead atoms. The van der Waals surface area contributed by atoms with Crippen LogP contribution in [0.1, 0.15) is 34.7 Å². The van der Waals surface area contributed by atoms with Crippen LogP contribution < -0.4 is 4.74 Å². The van der Waals surface area contributed by atoms with Gasteiger partial charge in [-0.2, -0.15) is 0 Å². The molecule has 150 valence electrons. The van der Waals surface area contributed by atoms with Gasteiger partial charge in [0.25, 0.3) is 5.91 Å². The van der Waals surface area contributed by atoms with Crippen LogP contribution in [0.15, 0.2) is 41.1 Å². The Morgan fingerprint density at radius 1 is 1.24 bits per heavy atom. The van der Waals surface area contributed by atoms with Gasteiger partial charge in [-0.25, -0.2) is 4.98 Å². The molecule has 7 nitrogen and oxygen atoms in total. The van der Waals surface area contributed by atoms with E-state index in [2.05, 4.69) is 9.97 Å². The number of amides is 1. The van der Waals surface area contributed by atoms with Crippen LogP contribution in [0.25, 0.3) is 11.0 Å². The monoisotopic (exact) mass is 393 g/mol. The minimum absolute atomic E-state index is 0.00467. The quantitative estimate of drug-likeness (QED) is 0.680. The highest BCUT2D eigenvalue weighted by atomic mass is 16.5. The molecular weight excluding hydrogens is 370 g/mol. The van der Waals surface area contributed by atoms with E-state index in [9.17, 15) is 4.79 Å². The second-order valence-corrected chi connectivity index (χ2v) is 7.98. The van der Waals surface area contributed by atoms with Crippen LogP contribution in [0, 0.1) is 13.8 Å². The Morgan fingerprint density at radius 3 is 2.86 bits per heavy atom. The van der Waals surface area contributed by atoms with E-state index in [1.165, 1.54) is 0 Å². The molecule has 2 aliphatic rings. The van der Waals surface area contributed by atoms with Gasteiger partial charge in [-0.3, -0.25) is 9.78 Å². The SMILES string of the molecule is Cc1cncc(O[C@H]2CCOC3(C2)CN(C(=O)c2oc4ccccc4c2C)C3)n1. The van der Waals surface area contributed by atoms with E-state index >= 15 is 0 Å². The topological polar surface area (TPSA) is 77.7 Å². The van der Waals surface area contributed by atoms with Crippen molar-refractivity contribution in [1.82, 2.24) is 14.9 Å². The Balaban J connectivity index is 1.26. The van der Waals surface area contributed by atoms with Crippen molar-refractivity contribution in [2.45, 2.75) is 38.4 Å². The van der Waals surface area contributed by atoms with Crippen LogP contribution in [0.3, 0.4) is 0 Å². The van der Waals surface area contributed by atoms with Crippen molar-refractivity contribution in [3.63, 3.8) is 0 Å². The predicted octanol–water partition coefficient (Wildman–Crippen LogP) is 3.29. The fourth-order valence-corrected chi connectivity index (χ4v) is 4.29. The zero-order valence-corrected chi connectivity index (χ0v) is 16.6. The lowest BCUT2D eigenvalue weighted by Gasteiger charge is -2.52. The lowest BCUT2D eigenvalue weighted by Crippen LogP contribution is -2.67. The molecule has 2 saturated heterocycles. The number of likely N-dealkylation sites (tertiary alicyclic amines) is 1. The zero-order chi connectivity index (χ0) is 20.0. The molecule has 2 aliphatic heterocycles. The van der Waals surface area contributed by atoms with Gasteiger partial charge in [-0.1, -0.05) is 18.2 Å². The van der Waals surface area contributed by atoms with E-state index in [1.54, 1.807) is 17.3 Å². The molecule has 5 rings (SSSR count). The second kappa shape index (κ2) is 6.84. The van der Waals surface area contributed by atoms with E-state index in [1.807, 2.05) is 38.1 Å². The lowest BCUT2D eigenvalue weighted by molar-refractivity contribution is -0.174. The van der Waals surface area contributed by atoms with Crippen molar-refractivity contribution in [1.29, 1.82) is 0 Å². The van der Waals surface area contributed by atoms with Gasteiger partial charge < -0.3 is 18.8 Å². The smallest absolute Gasteiger partial charge is 0.290 e. The summed E-state index contributed by atoms with van der Waals surface area (Å²) < 4.78 is 17.9. The molecule has 2 fully saturated rings. The number of furan rings is 1. The predicted molar refractivity (Wildman–Crippen MR) is 106 cm³/mol. The summed E-state index contributed by atoms with van der Waals surface area (Å²) in [6.07, 6.45) is 4.87. The van der Waals surface area contributed by atoms with Gasteiger partial charge in [0, 0.05) is 30.0 Å². The summed E-state index contributed by atoms with van der Waals surface area (Å²) in [7, 11) is 0. The molecule has 0 aliphatic carbocycles. The average Bonchev–Trinajstić information content (AvgIpc) is 3.03. The molecule has 0 saturated carbocycles. The Bertz CT molecular complexity index is 1070. The molecule has 3 aromatic rings. The van der Waals surface area contributed by atoms with Gasteiger partial charge in [0.15, 0.2) is 5.76 Å². The number of hydrogen-bond acceptors (Lipinski definition) is 6. The molecule has 2 aromatic heterocycles. The minimum Gasteiger partial charge on any atom is -0.473 e.